The van der Waals surface area contributed by atoms with Crippen molar-refractivity contribution >= 4 is 21.6 Å². The van der Waals surface area contributed by atoms with Crippen LogP contribution < -0.4 is 0 Å². The van der Waals surface area contributed by atoms with E-state index in [1.54, 1.807) is 24.5 Å². The molecule has 2 atom stereocenters. The zero-order valence-electron chi connectivity index (χ0n) is 13.9. The highest BCUT2D eigenvalue weighted by Gasteiger charge is 2.35. The summed E-state index contributed by atoms with van der Waals surface area (Å²) in [7, 11) is -0.346. The van der Waals surface area contributed by atoms with Crippen molar-refractivity contribution in [3.63, 3.8) is 0 Å². The first kappa shape index (κ1) is 18.3. The smallest absolute Gasteiger partial charge is 0.214 e. The molecule has 1 aliphatic rings. The lowest BCUT2D eigenvalue weighted by Gasteiger charge is -2.23. The van der Waals surface area contributed by atoms with Crippen molar-refractivity contribution in [1.82, 2.24) is 13.9 Å². The molecule has 6 nitrogen and oxygen atoms in total. The van der Waals surface area contributed by atoms with Crippen LogP contribution in [0, 0.1) is 11.7 Å². The first-order valence-corrected chi connectivity index (χ1v) is 9.75. The summed E-state index contributed by atoms with van der Waals surface area (Å²) < 4.78 is 46.8. The minimum Gasteiger partial charge on any atom is -0.379 e. The summed E-state index contributed by atoms with van der Waals surface area (Å²) in [6.07, 6.45) is 3.33. The molecule has 136 valence electrons. The van der Waals surface area contributed by atoms with Crippen molar-refractivity contribution in [2.75, 3.05) is 33.1 Å². The van der Waals surface area contributed by atoms with E-state index in [4.69, 9.17) is 16.3 Å². The fraction of sp³-hybridized carbons (Fsp3) is 0.438. The average molecular weight is 388 g/mol. The quantitative estimate of drug-likeness (QED) is 0.790. The summed E-state index contributed by atoms with van der Waals surface area (Å²) in [4.78, 5) is 4.30. The van der Waals surface area contributed by atoms with Gasteiger partial charge in [0, 0.05) is 38.0 Å². The van der Waals surface area contributed by atoms with E-state index >= 15 is 0 Å². The molecule has 0 unspecified atom stereocenters. The lowest BCUT2D eigenvalue weighted by atomic mass is 10.1. The summed E-state index contributed by atoms with van der Waals surface area (Å²) in [5, 5.41) is -0.00803. The zero-order chi connectivity index (χ0) is 18.2. The minimum absolute atomic E-state index is 0.00803. The van der Waals surface area contributed by atoms with Gasteiger partial charge in [-0.25, -0.2) is 22.1 Å². The summed E-state index contributed by atoms with van der Waals surface area (Å²) in [6, 6.07) is 4.32. The summed E-state index contributed by atoms with van der Waals surface area (Å²) in [5.41, 5.74) is 0.466. The van der Waals surface area contributed by atoms with Gasteiger partial charge in [0.2, 0.25) is 10.0 Å². The summed E-state index contributed by atoms with van der Waals surface area (Å²) in [6.45, 7) is 0.705. The number of halogens is 2. The Morgan fingerprint density at radius 3 is 2.88 bits per heavy atom. The summed E-state index contributed by atoms with van der Waals surface area (Å²) in [5.74, 6) is -0.290. The van der Waals surface area contributed by atoms with E-state index in [9.17, 15) is 12.8 Å². The molecule has 0 aliphatic carbocycles. The monoisotopic (exact) mass is 387 g/mol. The molecule has 0 bridgehead atoms. The molecule has 0 N–H and O–H groups in total. The van der Waals surface area contributed by atoms with E-state index in [-0.39, 0.29) is 22.7 Å². The Morgan fingerprint density at radius 1 is 1.40 bits per heavy atom. The SMILES string of the molecule is CN(C)S(=O)(=O)C[C@@H]1COC[C@H]1n1ccnc1-c1cccc(F)c1Cl. The molecular formula is C16H19ClFN3O3S. The lowest BCUT2D eigenvalue weighted by Crippen LogP contribution is -2.32. The Hall–Kier alpha value is -1.48. The molecule has 9 heteroatoms. The van der Waals surface area contributed by atoms with Gasteiger partial charge < -0.3 is 9.30 Å². The topological polar surface area (TPSA) is 64.4 Å². The number of hydrogen-bond acceptors (Lipinski definition) is 4. The molecule has 25 heavy (non-hydrogen) atoms. The van der Waals surface area contributed by atoms with Crippen molar-refractivity contribution in [3.8, 4) is 11.4 Å². The van der Waals surface area contributed by atoms with Crippen molar-refractivity contribution in [1.29, 1.82) is 0 Å². The van der Waals surface area contributed by atoms with Gasteiger partial charge >= 0.3 is 0 Å². The standard InChI is InChI=1S/C16H19ClFN3O3S/c1-20(2)25(22,23)10-11-8-24-9-14(11)21-7-6-19-16(21)12-4-3-5-13(18)15(12)17/h3-7,11,14H,8-10H2,1-2H3/t11-,14+/m0/s1. The van der Waals surface area contributed by atoms with Gasteiger partial charge in [-0.15, -0.1) is 0 Å². The molecule has 3 rings (SSSR count). The maximum Gasteiger partial charge on any atom is 0.214 e. The number of benzene rings is 1. The molecule has 0 saturated carbocycles. The van der Waals surface area contributed by atoms with Crippen LogP contribution in [0.3, 0.4) is 0 Å². The molecule has 0 radical (unpaired) electrons. The van der Waals surface area contributed by atoms with E-state index < -0.39 is 15.8 Å². The number of ether oxygens (including phenoxy) is 1. The van der Waals surface area contributed by atoms with Gasteiger partial charge in [-0.3, -0.25) is 0 Å². The second kappa shape index (κ2) is 7.03. The fourth-order valence-electron chi connectivity index (χ4n) is 2.94. The van der Waals surface area contributed by atoms with Crippen LogP contribution in [0.2, 0.25) is 5.02 Å². The lowest BCUT2D eigenvalue weighted by molar-refractivity contribution is 0.182. The van der Waals surface area contributed by atoms with Gasteiger partial charge in [0.15, 0.2) is 0 Å². The first-order valence-electron chi connectivity index (χ1n) is 7.76. The van der Waals surface area contributed by atoms with E-state index in [0.717, 1.165) is 0 Å². The Labute approximate surface area is 151 Å². The highest BCUT2D eigenvalue weighted by molar-refractivity contribution is 7.89. The number of nitrogens with zero attached hydrogens (tertiary/aromatic N) is 3. The van der Waals surface area contributed by atoms with Crippen molar-refractivity contribution in [2.24, 2.45) is 5.92 Å². The van der Waals surface area contributed by atoms with Gasteiger partial charge in [0.1, 0.15) is 11.6 Å². The molecule has 2 aromatic rings. The van der Waals surface area contributed by atoms with Crippen LogP contribution in [0.1, 0.15) is 6.04 Å². The first-order chi connectivity index (χ1) is 11.8. The van der Waals surface area contributed by atoms with Gasteiger partial charge in [0.25, 0.3) is 0 Å². The van der Waals surface area contributed by atoms with E-state index in [1.165, 1.54) is 24.5 Å². The van der Waals surface area contributed by atoms with Crippen molar-refractivity contribution < 1.29 is 17.5 Å². The molecule has 1 aromatic heterocycles. The number of sulfonamides is 1. The highest BCUT2D eigenvalue weighted by atomic mass is 35.5. The Kier molecular flexibility index (Phi) is 5.15. The molecule has 0 amide bonds. The fourth-order valence-corrected chi connectivity index (χ4v) is 4.31. The third-order valence-electron chi connectivity index (χ3n) is 4.36. The Bertz CT molecular complexity index is 869. The molecule has 1 aromatic carbocycles. The van der Waals surface area contributed by atoms with Gasteiger partial charge in [-0.05, 0) is 12.1 Å². The summed E-state index contributed by atoms with van der Waals surface area (Å²) >= 11 is 6.09. The van der Waals surface area contributed by atoms with Crippen LogP contribution >= 0.6 is 11.6 Å². The maximum atomic E-state index is 13.8. The predicted molar refractivity (Wildman–Crippen MR) is 93.5 cm³/mol. The molecule has 1 saturated heterocycles. The second-order valence-corrected chi connectivity index (χ2v) is 8.79. The van der Waals surface area contributed by atoms with Crippen molar-refractivity contribution in [2.45, 2.75) is 6.04 Å². The second-order valence-electron chi connectivity index (χ2n) is 6.19. The predicted octanol–water partition coefficient (Wildman–Crippen LogP) is 2.42. The van der Waals surface area contributed by atoms with E-state index in [1.807, 2.05) is 4.57 Å². The third kappa shape index (κ3) is 3.57. The zero-order valence-corrected chi connectivity index (χ0v) is 15.5. The number of rotatable bonds is 5. The number of imidazole rings is 1. The van der Waals surface area contributed by atoms with Crippen LogP contribution in [-0.2, 0) is 14.8 Å². The molecular weight excluding hydrogens is 369 g/mol. The molecule has 0 spiro atoms. The van der Waals surface area contributed by atoms with Gasteiger partial charge in [-0.2, -0.15) is 0 Å². The van der Waals surface area contributed by atoms with E-state index in [0.29, 0.717) is 24.6 Å². The average Bonchev–Trinajstić information content (AvgIpc) is 3.18. The van der Waals surface area contributed by atoms with Crippen LogP contribution in [0.4, 0.5) is 4.39 Å². The highest BCUT2D eigenvalue weighted by Crippen LogP contribution is 2.34. The third-order valence-corrected chi connectivity index (χ3v) is 6.71. The van der Waals surface area contributed by atoms with Gasteiger partial charge in [0.05, 0.1) is 30.0 Å². The Morgan fingerprint density at radius 2 is 2.16 bits per heavy atom. The largest absolute Gasteiger partial charge is 0.379 e. The number of aromatic nitrogens is 2. The molecule has 1 aliphatic heterocycles. The van der Waals surface area contributed by atoms with Gasteiger partial charge in [-0.1, -0.05) is 17.7 Å². The molecule has 2 heterocycles. The Balaban J connectivity index is 1.95. The normalized spacial score (nSPS) is 21.2. The van der Waals surface area contributed by atoms with E-state index in [2.05, 4.69) is 4.98 Å². The minimum atomic E-state index is -3.36. The van der Waals surface area contributed by atoms with Crippen LogP contribution in [-0.4, -0.2) is 55.3 Å². The van der Waals surface area contributed by atoms with Crippen LogP contribution in [0.15, 0.2) is 30.6 Å². The van der Waals surface area contributed by atoms with Crippen molar-refractivity contribution in [3.05, 3.63) is 41.4 Å². The number of hydrogen-bond donors (Lipinski definition) is 0. The molecule has 1 fully saturated rings. The van der Waals surface area contributed by atoms with Crippen LogP contribution in [0.25, 0.3) is 11.4 Å². The maximum absolute atomic E-state index is 13.8. The van der Waals surface area contributed by atoms with Crippen LogP contribution in [0.5, 0.6) is 0 Å².